The normalized spacial score (nSPS) is 12.5. The number of rotatable bonds is 4. The summed E-state index contributed by atoms with van der Waals surface area (Å²) < 4.78 is 5.02. The fourth-order valence-electron chi connectivity index (χ4n) is 1.13. The SMILES string of the molecule is CC[C@@H](CO)NC(=O)c1occc1C. The first-order valence-corrected chi connectivity index (χ1v) is 4.64. The monoisotopic (exact) mass is 197 g/mol. The van der Waals surface area contributed by atoms with Gasteiger partial charge in [0.05, 0.1) is 18.9 Å². The second kappa shape index (κ2) is 4.81. The number of aliphatic hydroxyl groups is 1. The molecule has 4 nitrogen and oxygen atoms in total. The number of nitrogens with one attached hydrogen (secondary N) is 1. The van der Waals surface area contributed by atoms with Crippen LogP contribution in [0.25, 0.3) is 0 Å². The minimum atomic E-state index is -0.270. The fraction of sp³-hybridized carbons (Fsp3) is 0.500. The number of carbonyl (C=O) groups is 1. The van der Waals surface area contributed by atoms with E-state index in [1.54, 1.807) is 13.0 Å². The summed E-state index contributed by atoms with van der Waals surface area (Å²) in [5.41, 5.74) is 0.801. The van der Waals surface area contributed by atoms with Gasteiger partial charge >= 0.3 is 0 Å². The van der Waals surface area contributed by atoms with Crippen LogP contribution in [0.1, 0.15) is 29.5 Å². The molecule has 0 aliphatic carbocycles. The summed E-state index contributed by atoms with van der Waals surface area (Å²) >= 11 is 0. The first kappa shape index (κ1) is 10.8. The van der Waals surface area contributed by atoms with Crippen LogP contribution in [0.2, 0.25) is 0 Å². The average Bonchev–Trinajstić information content (AvgIpc) is 2.60. The molecule has 0 aliphatic heterocycles. The minimum Gasteiger partial charge on any atom is -0.459 e. The lowest BCUT2D eigenvalue weighted by Crippen LogP contribution is -2.36. The standard InChI is InChI=1S/C10H15NO3/c1-3-8(6-12)11-10(13)9-7(2)4-5-14-9/h4-5,8,12H,3,6H2,1-2H3,(H,11,13)/t8-/m0/s1. The maximum Gasteiger partial charge on any atom is 0.287 e. The second-order valence-electron chi connectivity index (χ2n) is 3.19. The predicted octanol–water partition coefficient (Wildman–Crippen LogP) is 1.09. The van der Waals surface area contributed by atoms with Crippen LogP contribution in [0.4, 0.5) is 0 Å². The third kappa shape index (κ3) is 2.35. The molecule has 0 unspecified atom stereocenters. The molecule has 1 heterocycles. The second-order valence-corrected chi connectivity index (χ2v) is 3.19. The van der Waals surface area contributed by atoms with Crippen LogP contribution >= 0.6 is 0 Å². The lowest BCUT2D eigenvalue weighted by atomic mass is 10.2. The van der Waals surface area contributed by atoms with E-state index in [1.807, 2.05) is 6.92 Å². The third-order valence-electron chi connectivity index (χ3n) is 2.12. The van der Waals surface area contributed by atoms with Crippen LogP contribution in [-0.2, 0) is 0 Å². The zero-order chi connectivity index (χ0) is 10.6. The van der Waals surface area contributed by atoms with Gasteiger partial charge in [-0.25, -0.2) is 0 Å². The molecule has 1 aromatic heterocycles. The molecule has 0 saturated carbocycles. The molecule has 1 atom stereocenters. The zero-order valence-electron chi connectivity index (χ0n) is 8.41. The Morgan fingerprint density at radius 2 is 2.43 bits per heavy atom. The van der Waals surface area contributed by atoms with Crippen LogP contribution in [0.3, 0.4) is 0 Å². The summed E-state index contributed by atoms with van der Waals surface area (Å²) in [4.78, 5) is 11.5. The van der Waals surface area contributed by atoms with Gasteiger partial charge in [0.25, 0.3) is 5.91 Å². The van der Waals surface area contributed by atoms with Gasteiger partial charge < -0.3 is 14.8 Å². The smallest absolute Gasteiger partial charge is 0.287 e. The summed E-state index contributed by atoms with van der Waals surface area (Å²) in [6, 6.07) is 1.53. The van der Waals surface area contributed by atoms with E-state index >= 15 is 0 Å². The number of furan rings is 1. The van der Waals surface area contributed by atoms with Crippen molar-refractivity contribution in [1.82, 2.24) is 5.32 Å². The fourth-order valence-corrected chi connectivity index (χ4v) is 1.13. The van der Waals surface area contributed by atoms with E-state index < -0.39 is 0 Å². The summed E-state index contributed by atoms with van der Waals surface area (Å²) in [5, 5.41) is 11.6. The van der Waals surface area contributed by atoms with Crippen molar-refractivity contribution in [3.63, 3.8) is 0 Å². The maximum absolute atomic E-state index is 11.5. The molecule has 0 aromatic carbocycles. The highest BCUT2D eigenvalue weighted by Gasteiger charge is 2.15. The first-order chi connectivity index (χ1) is 6.69. The Bertz CT molecular complexity index is 302. The Labute approximate surface area is 82.9 Å². The third-order valence-corrected chi connectivity index (χ3v) is 2.12. The number of amides is 1. The largest absolute Gasteiger partial charge is 0.459 e. The van der Waals surface area contributed by atoms with E-state index in [2.05, 4.69) is 5.32 Å². The van der Waals surface area contributed by atoms with Gasteiger partial charge in [0.1, 0.15) is 0 Å². The Morgan fingerprint density at radius 3 is 2.86 bits per heavy atom. The maximum atomic E-state index is 11.5. The van der Waals surface area contributed by atoms with E-state index in [1.165, 1.54) is 6.26 Å². The summed E-state index contributed by atoms with van der Waals surface area (Å²) in [6.07, 6.45) is 2.17. The molecule has 1 aromatic rings. The van der Waals surface area contributed by atoms with Gasteiger partial charge in [-0.3, -0.25) is 4.79 Å². The van der Waals surface area contributed by atoms with Crippen molar-refractivity contribution >= 4 is 5.91 Å². The molecule has 0 bridgehead atoms. The molecule has 1 rings (SSSR count). The number of hydrogen-bond acceptors (Lipinski definition) is 3. The number of hydrogen-bond donors (Lipinski definition) is 2. The molecule has 0 saturated heterocycles. The number of carbonyl (C=O) groups excluding carboxylic acids is 1. The molecular weight excluding hydrogens is 182 g/mol. The summed E-state index contributed by atoms with van der Waals surface area (Å²) in [6.45, 7) is 3.65. The number of aryl methyl sites for hydroxylation is 1. The Hall–Kier alpha value is -1.29. The predicted molar refractivity (Wildman–Crippen MR) is 52.1 cm³/mol. The molecule has 78 valence electrons. The van der Waals surface area contributed by atoms with Crippen molar-refractivity contribution in [3.8, 4) is 0 Å². The highest BCUT2D eigenvalue weighted by atomic mass is 16.3. The summed E-state index contributed by atoms with van der Waals surface area (Å²) in [7, 11) is 0. The topological polar surface area (TPSA) is 62.5 Å². The Balaban J connectivity index is 2.63. The van der Waals surface area contributed by atoms with Crippen LogP contribution in [0.15, 0.2) is 16.7 Å². The van der Waals surface area contributed by atoms with Gasteiger partial charge in [-0.05, 0) is 19.4 Å². The zero-order valence-corrected chi connectivity index (χ0v) is 8.41. The van der Waals surface area contributed by atoms with E-state index in [9.17, 15) is 4.79 Å². The molecule has 2 N–H and O–H groups in total. The van der Waals surface area contributed by atoms with Crippen molar-refractivity contribution in [3.05, 3.63) is 23.7 Å². The summed E-state index contributed by atoms with van der Waals surface area (Å²) in [5.74, 6) is 0.0466. The molecule has 0 spiro atoms. The molecule has 14 heavy (non-hydrogen) atoms. The molecule has 1 amide bonds. The van der Waals surface area contributed by atoms with Crippen LogP contribution in [0, 0.1) is 6.92 Å². The van der Waals surface area contributed by atoms with Crippen molar-refractivity contribution < 1.29 is 14.3 Å². The first-order valence-electron chi connectivity index (χ1n) is 4.64. The highest BCUT2D eigenvalue weighted by molar-refractivity contribution is 5.92. The van der Waals surface area contributed by atoms with Gasteiger partial charge in [-0.2, -0.15) is 0 Å². The van der Waals surface area contributed by atoms with Gasteiger partial charge in [0.2, 0.25) is 0 Å². The molecule has 0 radical (unpaired) electrons. The molecule has 0 aliphatic rings. The lowest BCUT2D eigenvalue weighted by molar-refractivity contribution is 0.0886. The molecule has 4 heteroatoms. The van der Waals surface area contributed by atoms with E-state index in [0.717, 1.165) is 5.56 Å². The van der Waals surface area contributed by atoms with Crippen molar-refractivity contribution in [2.75, 3.05) is 6.61 Å². The van der Waals surface area contributed by atoms with Gasteiger partial charge in [-0.1, -0.05) is 6.92 Å². The average molecular weight is 197 g/mol. The van der Waals surface area contributed by atoms with Crippen LogP contribution in [-0.4, -0.2) is 23.7 Å². The Kier molecular flexibility index (Phi) is 3.71. The lowest BCUT2D eigenvalue weighted by Gasteiger charge is -2.12. The number of aliphatic hydroxyl groups excluding tert-OH is 1. The van der Waals surface area contributed by atoms with Crippen molar-refractivity contribution in [2.24, 2.45) is 0 Å². The van der Waals surface area contributed by atoms with Crippen molar-refractivity contribution in [2.45, 2.75) is 26.3 Å². The van der Waals surface area contributed by atoms with Crippen molar-refractivity contribution in [1.29, 1.82) is 0 Å². The van der Waals surface area contributed by atoms with E-state index in [0.29, 0.717) is 12.2 Å². The van der Waals surface area contributed by atoms with Gasteiger partial charge in [-0.15, -0.1) is 0 Å². The minimum absolute atomic E-state index is 0.0536. The van der Waals surface area contributed by atoms with E-state index in [4.69, 9.17) is 9.52 Å². The molecule has 0 fully saturated rings. The van der Waals surface area contributed by atoms with Crippen LogP contribution < -0.4 is 5.32 Å². The Morgan fingerprint density at radius 1 is 1.71 bits per heavy atom. The van der Waals surface area contributed by atoms with E-state index in [-0.39, 0.29) is 18.6 Å². The quantitative estimate of drug-likeness (QED) is 0.759. The highest BCUT2D eigenvalue weighted by Crippen LogP contribution is 2.08. The van der Waals surface area contributed by atoms with Gasteiger partial charge in [0.15, 0.2) is 5.76 Å². The van der Waals surface area contributed by atoms with Crippen LogP contribution in [0.5, 0.6) is 0 Å². The molecular formula is C10H15NO3. The van der Waals surface area contributed by atoms with Gasteiger partial charge in [0, 0.05) is 5.56 Å².